The molecule has 170 valence electrons. The van der Waals surface area contributed by atoms with Crippen molar-refractivity contribution in [3.05, 3.63) is 96.1 Å². The van der Waals surface area contributed by atoms with Gasteiger partial charge >= 0.3 is 0 Å². The largest absolute Gasteiger partial charge is 0.497 e. The minimum atomic E-state index is -0.0493. The molecule has 1 fully saturated rings. The van der Waals surface area contributed by atoms with E-state index in [0.717, 1.165) is 22.2 Å². The first-order valence-electron chi connectivity index (χ1n) is 11.3. The summed E-state index contributed by atoms with van der Waals surface area (Å²) in [6.45, 7) is 1.92. The Balaban J connectivity index is 1.37. The molecule has 6 nitrogen and oxygen atoms in total. The van der Waals surface area contributed by atoms with Gasteiger partial charge < -0.3 is 14.5 Å². The summed E-state index contributed by atoms with van der Waals surface area (Å²) in [4.78, 5) is 35.0. The molecule has 1 aromatic heterocycles. The first-order valence-corrected chi connectivity index (χ1v) is 11.3. The van der Waals surface area contributed by atoms with Gasteiger partial charge in [0.05, 0.1) is 23.9 Å². The van der Waals surface area contributed by atoms with Gasteiger partial charge in [-0.15, -0.1) is 0 Å². The van der Waals surface area contributed by atoms with Crippen LogP contribution >= 0.6 is 0 Å². The van der Waals surface area contributed by atoms with Gasteiger partial charge in [-0.2, -0.15) is 0 Å². The zero-order valence-corrected chi connectivity index (χ0v) is 19.0. The number of para-hydroxylation sites is 1. The predicted molar refractivity (Wildman–Crippen MR) is 132 cm³/mol. The summed E-state index contributed by atoms with van der Waals surface area (Å²) in [6, 6.07) is 26.6. The number of hydrogen-bond acceptors (Lipinski definition) is 4. The summed E-state index contributed by atoms with van der Waals surface area (Å²) in [5.74, 6) is 0.564. The molecule has 0 bridgehead atoms. The summed E-state index contributed by atoms with van der Waals surface area (Å²) >= 11 is 0. The monoisotopic (exact) mass is 451 g/mol. The maximum atomic E-state index is 13.6. The Hall–Kier alpha value is -4.19. The SMILES string of the molecule is COc1cccc(C(=O)N2CCN(C(=O)c3cc(-c4ccccc4)nc4ccccc34)CC2)c1. The maximum Gasteiger partial charge on any atom is 0.254 e. The molecule has 0 atom stereocenters. The zero-order valence-electron chi connectivity index (χ0n) is 19.0. The lowest BCUT2D eigenvalue weighted by atomic mass is 10.0. The Labute approximate surface area is 198 Å². The number of carbonyl (C=O) groups is 2. The molecule has 5 rings (SSSR count). The highest BCUT2D eigenvalue weighted by atomic mass is 16.5. The zero-order chi connectivity index (χ0) is 23.5. The lowest BCUT2D eigenvalue weighted by Gasteiger charge is -2.35. The molecule has 4 aromatic rings. The van der Waals surface area contributed by atoms with Crippen LogP contribution in [0.1, 0.15) is 20.7 Å². The van der Waals surface area contributed by atoms with Crippen molar-refractivity contribution in [3.8, 4) is 17.0 Å². The Morgan fingerprint density at radius 3 is 2.18 bits per heavy atom. The van der Waals surface area contributed by atoms with E-state index in [9.17, 15) is 9.59 Å². The number of piperazine rings is 1. The van der Waals surface area contributed by atoms with E-state index in [1.165, 1.54) is 0 Å². The molecule has 2 heterocycles. The third-order valence-electron chi connectivity index (χ3n) is 6.19. The summed E-state index contributed by atoms with van der Waals surface area (Å²) in [6.07, 6.45) is 0. The Bertz CT molecular complexity index is 1350. The van der Waals surface area contributed by atoms with Crippen molar-refractivity contribution in [1.82, 2.24) is 14.8 Å². The van der Waals surface area contributed by atoms with E-state index in [-0.39, 0.29) is 11.8 Å². The number of carbonyl (C=O) groups excluding carboxylic acids is 2. The fraction of sp³-hybridized carbons (Fsp3) is 0.179. The Morgan fingerprint density at radius 1 is 0.765 bits per heavy atom. The number of ether oxygens (including phenoxy) is 1. The van der Waals surface area contributed by atoms with Crippen LogP contribution < -0.4 is 4.74 Å². The minimum Gasteiger partial charge on any atom is -0.497 e. The van der Waals surface area contributed by atoms with Crippen LogP contribution in [0.3, 0.4) is 0 Å². The van der Waals surface area contributed by atoms with Crippen molar-refractivity contribution in [2.24, 2.45) is 0 Å². The summed E-state index contributed by atoms with van der Waals surface area (Å²) in [7, 11) is 1.58. The van der Waals surface area contributed by atoms with Gasteiger partial charge in [0.15, 0.2) is 0 Å². The van der Waals surface area contributed by atoms with Gasteiger partial charge in [0.2, 0.25) is 0 Å². The number of nitrogens with zero attached hydrogens (tertiary/aromatic N) is 3. The third kappa shape index (κ3) is 4.22. The fourth-order valence-corrected chi connectivity index (χ4v) is 4.33. The molecule has 3 aromatic carbocycles. The third-order valence-corrected chi connectivity index (χ3v) is 6.19. The van der Waals surface area contributed by atoms with Crippen LogP contribution in [0.2, 0.25) is 0 Å². The highest BCUT2D eigenvalue weighted by Crippen LogP contribution is 2.26. The van der Waals surface area contributed by atoms with Crippen LogP contribution in [-0.2, 0) is 0 Å². The molecular weight excluding hydrogens is 426 g/mol. The second kappa shape index (κ2) is 9.35. The smallest absolute Gasteiger partial charge is 0.254 e. The molecular formula is C28H25N3O3. The molecule has 1 aliphatic heterocycles. The quantitative estimate of drug-likeness (QED) is 0.458. The molecule has 1 aliphatic rings. The molecule has 0 saturated carbocycles. The van der Waals surface area contributed by atoms with Gasteiger partial charge in [-0.3, -0.25) is 9.59 Å². The number of rotatable bonds is 4. The molecule has 1 saturated heterocycles. The van der Waals surface area contributed by atoms with E-state index in [2.05, 4.69) is 0 Å². The number of aromatic nitrogens is 1. The summed E-state index contributed by atoms with van der Waals surface area (Å²) in [5.41, 5.74) is 3.76. The van der Waals surface area contributed by atoms with Crippen molar-refractivity contribution in [3.63, 3.8) is 0 Å². The molecule has 2 amide bonds. The van der Waals surface area contributed by atoms with Gasteiger partial charge in [0.1, 0.15) is 5.75 Å². The van der Waals surface area contributed by atoms with Crippen molar-refractivity contribution in [2.75, 3.05) is 33.3 Å². The summed E-state index contributed by atoms with van der Waals surface area (Å²) in [5, 5.41) is 0.835. The number of amides is 2. The maximum absolute atomic E-state index is 13.6. The van der Waals surface area contributed by atoms with E-state index in [4.69, 9.17) is 9.72 Å². The predicted octanol–water partition coefficient (Wildman–Crippen LogP) is 4.51. The highest BCUT2D eigenvalue weighted by molar-refractivity contribution is 6.07. The Morgan fingerprint density at radius 2 is 1.44 bits per heavy atom. The number of hydrogen-bond donors (Lipinski definition) is 0. The van der Waals surface area contributed by atoms with Crippen molar-refractivity contribution < 1.29 is 14.3 Å². The molecule has 0 spiro atoms. The lowest BCUT2D eigenvalue weighted by Crippen LogP contribution is -2.50. The normalized spacial score (nSPS) is 13.7. The van der Waals surface area contributed by atoms with Crippen LogP contribution in [0.15, 0.2) is 84.9 Å². The van der Waals surface area contributed by atoms with Crippen LogP contribution in [0, 0.1) is 0 Å². The van der Waals surface area contributed by atoms with Crippen LogP contribution in [0.25, 0.3) is 22.2 Å². The van der Waals surface area contributed by atoms with Gasteiger partial charge in [-0.1, -0.05) is 54.6 Å². The first-order chi connectivity index (χ1) is 16.6. The molecule has 34 heavy (non-hydrogen) atoms. The standard InChI is InChI=1S/C28H25N3O3/c1-34-22-11-7-10-21(18-22)27(32)30-14-16-31(17-15-30)28(33)24-19-26(20-8-3-2-4-9-20)29-25-13-6-5-12-23(24)25/h2-13,18-19H,14-17H2,1H3. The second-order valence-corrected chi connectivity index (χ2v) is 8.25. The average Bonchev–Trinajstić information content (AvgIpc) is 2.92. The Kier molecular flexibility index (Phi) is 5.95. The lowest BCUT2D eigenvalue weighted by molar-refractivity contribution is 0.0536. The molecule has 0 radical (unpaired) electrons. The topological polar surface area (TPSA) is 62.7 Å². The second-order valence-electron chi connectivity index (χ2n) is 8.25. The van der Waals surface area contributed by atoms with Crippen molar-refractivity contribution >= 4 is 22.7 Å². The van der Waals surface area contributed by atoms with E-state index < -0.39 is 0 Å². The van der Waals surface area contributed by atoms with Crippen molar-refractivity contribution in [1.29, 1.82) is 0 Å². The van der Waals surface area contributed by atoms with Gasteiger partial charge in [-0.25, -0.2) is 4.98 Å². The number of methoxy groups -OCH3 is 1. The van der Waals surface area contributed by atoms with E-state index in [1.807, 2.05) is 77.7 Å². The number of fused-ring (bicyclic) bond motifs is 1. The first kappa shape index (κ1) is 21.6. The van der Waals surface area contributed by atoms with E-state index >= 15 is 0 Å². The van der Waals surface area contributed by atoms with Crippen molar-refractivity contribution in [2.45, 2.75) is 0 Å². The van der Waals surface area contributed by atoms with E-state index in [0.29, 0.717) is 43.1 Å². The molecule has 6 heteroatoms. The van der Waals surface area contributed by atoms with Crippen LogP contribution in [-0.4, -0.2) is 59.9 Å². The van der Waals surface area contributed by atoms with Gasteiger partial charge in [0.25, 0.3) is 11.8 Å². The van der Waals surface area contributed by atoms with Gasteiger partial charge in [-0.05, 0) is 30.3 Å². The fourth-order valence-electron chi connectivity index (χ4n) is 4.33. The highest BCUT2D eigenvalue weighted by Gasteiger charge is 2.27. The molecule has 0 aliphatic carbocycles. The van der Waals surface area contributed by atoms with Crippen LogP contribution in [0.4, 0.5) is 0 Å². The van der Waals surface area contributed by atoms with Gasteiger partial charge in [0, 0.05) is 42.7 Å². The van der Waals surface area contributed by atoms with E-state index in [1.54, 1.807) is 24.1 Å². The number of benzene rings is 3. The average molecular weight is 452 g/mol. The number of pyridine rings is 1. The van der Waals surface area contributed by atoms with Crippen LogP contribution in [0.5, 0.6) is 5.75 Å². The minimum absolute atomic E-state index is 0.0377. The molecule has 0 N–H and O–H groups in total. The summed E-state index contributed by atoms with van der Waals surface area (Å²) < 4.78 is 5.24. The molecule has 0 unspecified atom stereocenters.